The molecule has 0 radical (unpaired) electrons. The van der Waals surface area contributed by atoms with E-state index in [0.29, 0.717) is 24.8 Å². The topological polar surface area (TPSA) is 63.7 Å². The second-order valence-corrected chi connectivity index (χ2v) is 10.4. The molecule has 3 rings (SSSR count). The number of para-hydroxylation sites is 2. The summed E-state index contributed by atoms with van der Waals surface area (Å²) in [6.45, 7) is 8.63. The molecule has 2 aliphatic rings. The minimum Gasteiger partial charge on any atom is -0.493 e. The van der Waals surface area contributed by atoms with Crippen LogP contribution in [0.25, 0.3) is 0 Å². The highest BCUT2D eigenvalue weighted by atomic mass is 16.7. The molecular formula is C31H47N3O5. The number of hydrogen-bond donors (Lipinski definition) is 0. The van der Waals surface area contributed by atoms with Crippen LogP contribution in [0.2, 0.25) is 0 Å². The molecule has 0 saturated carbocycles. The number of ether oxygens (including phenoxy) is 4. The Hall–Kier alpha value is -2.97. The van der Waals surface area contributed by atoms with Gasteiger partial charge in [0.2, 0.25) is 12.7 Å². The van der Waals surface area contributed by atoms with Gasteiger partial charge in [0.25, 0.3) is 0 Å². The van der Waals surface area contributed by atoms with Gasteiger partial charge in [-0.3, -0.25) is 9.69 Å². The minimum absolute atomic E-state index is 0.119. The van der Waals surface area contributed by atoms with Gasteiger partial charge in [0.15, 0.2) is 23.0 Å². The molecule has 1 aromatic carbocycles. The number of benzene rings is 1. The van der Waals surface area contributed by atoms with Gasteiger partial charge in [-0.25, -0.2) is 0 Å². The van der Waals surface area contributed by atoms with Gasteiger partial charge in [-0.05, 0) is 77.0 Å². The summed E-state index contributed by atoms with van der Waals surface area (Å²) in [5, 5.41) is 0. The number of carbonyl (C=O) groups is 1. The van der Waals surface area contributed by atoms with Gasteiger partial charge >= 0.3 is 0 Å². The van der Waals surface area contributed by atoms with Gasteiger partial charge in [0, 0.05) is 25.7 Å². The van der Waals surface area contributed by atoms with Crippen LogP contribution in [0.3, 0.4) is 0 Å². The summed E-state index contributed by atoms with van der Waals surface area (Å²) < 4.78 is 22.7. The van der Waals surface area contributed by atoms with Crippen molar-refractivity contribution in [2.24, 2.45) is 5.92 Å². The fourth-order valence-corrected chi connectivity index (χ4v) is 4.97. The van der Waals surface area contributed by atoms with E-state index >= 15 is 0 Å². The Balaban J connectivity index is 1.69. The van der Waals surface area contributed by atoms with E-state index < -0.39 is 0 Å². The summed E-state index contributed by atoms with van der Waals surface area (Å²) >= 11 is 0. The summed E-state index contributed by atoms with van der Waals surface area (Å²) in [6, 6.07) is 7.82. The van der Waals surface area contributed by atoms with E-state index in [2.05, 4.69) is 41.8 Å². The predicted octanol–water partition coefficient (Wildman–Crippen LogP) is 4.69. The zero-order chi connectivity index (χ0) is 28.0. The van der Waals surface area contributed by atoms with Crippen LogP contribution in [-0.2, 0) is 14.3 Å². The van der Waals surface area contributed by atoms with E-state index in [9.17, 15) is 4.79 Å². The molecule has 8 nitrogen and oxygen atoms in total. The van der Waals surface area contributed by atoms with E-state index in [0.717, 1.165) is 69.1 Å². The summed E-state index contributed by atoms with van der Waals surface area (Å²) in [4.78, 5) is 20.0. The largest absolute Gasteiger partial charge is 0.493 e. The zero-order valence-electron chi connectivity index (χ0n) is 24.4. The molecule has 0 bridgehead atoms. The van der Waals surface area contributed by atoms with E-state index in [-0.39, 0.29) is 18.7 Å². The SMILES string of the molecule is C/C=C1/OCO/C1=C/C=C/C1CC(COc2ccccc2OC)N(CC(=O)N(CCCC)CCCN(C)C)C1. The van der Waals surface area contributed by atoms with Crippen LogP contribution in [-0.4, -0.2) is 94.0 Å². The van der Waals surface area contributed by atoms with E-state index in [1.807, 2.05) is 49.4 Å². The molecule has 1 amide bonds. The fourth-order valence-electron chi connectivity index (χ4n) is 4.97. The Morgan fingerprint density at radius 2 is 1.85 bits per heavy atom. The Morgan fingerprint density at radius 3 is 2.56 bits per heavy atom. The Bertz CT molecular complexity index is 990. The van der Waals surface area contributed by atoms with Gasteiger partial charge < -0.3 is 28.7 Å². The lowest BCUT2D eigenvalue weighted by atomic mass is 10.1. The lowest BCUT2D eigenvalue weighted by molar-refractivity contribution is -0.133. The van der Waals surface area contributed by atoms with Crippen molar-refractivity contribution in [3.05, 3.63) is 60.1 Å². The maximum Gasteiger partial charge on any atom is 0.236 e. The van der Waals surface area contributed by atoms with Crippen molar-refractivity contribution in [3.63, 3.8) is 0 Å². The highest BCUT2D eigenvalue weighted by molar-refractivity contribution is 5.78. The molecule has 1 aromatic rings. The number of unbranched alkanes of at least 4 members (excludes halogenated alkanes) is 1. The molecular weight excluding hydrogens is 494 g/mol. The average molecular weight is 542 g/mol. The van der Waals surface area contributed by atoms with Crippen molar-refractivity contribution in [1.82, 2.24) is 14.7 Å². The number of likely N-dealkylation sites (tertiary alicyclic amines) is 1. The molecule has 2 fully saturated rings. The number of nitrogens with zero attached hydrogens (tertiary/aromatic N) is 3. The van der Waals surface area contributed by atoms with Crippen LogP contribution in [0.4, 0.5) is 0 Å². The third-order valence-electron chi connectivity index (χ3n) is 7.13. The second-order valence-electron chi connectivity index (χ2n) is 10.4. The molecule has 2 heterocycles. The number of allylic oxidation sites excluding steroid dienone is 3. The van der Waals surface area contributed by atoms with Crippen LogP contribution in [0, 0.1) is 5.92 Å². The van der Waals surface area contributed by atoms with Gasteiger partial charge in [0.1, 0.15) is 6.61 Å². The smallest absolute Gasteiger partial charge is 0.236 e. The van der Waals surface area contributed by atoms with Crippen molar-refractivity contribution in [3.8, 4) is 11.5 Å². The van der Waals surface area contributed by atoms with Crippen molar-refractivity contribution < 1.29 is 23.7 Å². The number of methoxy groups -OCH3 is 1. The first-order valence-corrected chi connectivity index (χ1v) is 14.2. The molecule has 0 N–H and O–H groups in total. The van der Waals surface area contributed by atoms with Crippen molar-refractivity contribution in [1.29, 1.82) is 0 Å². The van der Waals surface area contributed by atoms with Crippen LogP contribution < -0.4 is 9.47 Å². The van der Waals surface area contributed by atoms with Gasteiger partial charge in [-0.15, -0.1) is 0 Å². The lowest BCUT2D eigenvalue weighted by Crippen LogP contribution is -2.44. The Morgan fingerprint density at radius 1 is 1.10 bits per heavy atom. The van der Waals surface area contributed by atoms with Gasteiger partial charge in [-0.1, -0.05) is 37.6 Å². The molecule has 39 heavy (non-hydrogen) atoms. The Labute approximate surface area is 234 Å². The number of carbonyl (C=O) groups excluding carboxylic acids is 1. The van der Waals surface area contributed by atoms with Crippen molar-refractivity contribution >= 4 is 5.91 Å². The molecule has 2 unspecified atom stereocenters. The molecule has 0 aromatic heterocycles. The van der Waals surface area contributed by atoms with Crippen LogP contribution in [0.1, 0.15) is 39.5 Å². The molecule has 0 aliphatic carbocycles. The summed E-state index contributed by atoms with van der Waals surface area (Å²) in [6.07, 6.45) is 12.1. The highest BCUT2D eigenvalue weighted by Crippen LogP contribution is 2.29. The fraction of sp³-hybridized carbons (Fsp3) is 0.581. The third-order valence-corrected chi connectivity index (χ3v) is 7.13. The first kappa shape index (κ1) is 30.6. The molecule has 0 spiro atoms. The maximum atomic E-state index is 13.5. The van der Waals surface area contributed by atoms with Crippen LogP contribution in [0.5, 0.6) is 11.5 Å². The summed E-state index contributed by atoms with van der Waals surface area (Å²) in [5.74, 6) is 3.45. The maximum absolute atomic E-state index is 13.5. The molecule has 2 saturated heterocycles. The Kier molecular flexibility index (Phi) is 12.7. The molecule has 2 aliphatic heterocycles. The minimum atomic E-state index is 0.119. The average Bonchev–Trinajstić information content (AvgIpc) is 3.55. The van der Waals surface area contributed by atoms with Crippen molar-refractivity contribution in [2.45, 2.75) is 45.6 Å². The number of rotatable bonds is 15. The number of hydrogen-bond acceptors (Lipinski definition) is 7. The van der Waals surface area contributed by atoms with Crippen LogP contribution in [0.15, 0.2) is 60.1 Å². The predicted molar refractivity (Wildman–Crippen MR) is 155 cm³/mol. The van der Waals surface area contributed by atoms with Crippen molar-refractivity contribution in [2.75, 3.05) is 67.3 Å². The third kappa shape index (κ3) is 9.62. The van der Waals surface area contributed by atoms with E-state index in [1.54, 1.807) is 7.11 Å². The van der Waals surface area contributed by atoms with E-state index in [4.69, 9.17) is 18.9 Å². The summed E-state index contributed by atoms with van der Waals surface area (Å²) in [5.41, 5.74) is 0. The normalized spacial score (nSPS) is 21.6. The van der Waals surface area contributed by atoms with Gasteiger partial charge in [0.05, 0.1) is 13.7 Å². The first-order valence-electron chi connectivity index (χ1n) is 14.2. The number of amides is 1. The molecule has 2 atom stereocenters. The standard InChI is InChI=1S/C31H47N3O5/c1-6-8-18-33(19-12-17-32(3)4)31(35)22-34-21-25(13-11-16-29-27(7-2)38-24-39-29)20-26(34)23-37-30-15-10-9-14-28(30)36-5/h7,9-11,13-16,25-26H,6,8,12,17-24H2,1-5H3/b13-11+,27-7+,29-16+. The zero-order valence-corrected chi connectivity index (χ0v) is 24.4. The molecule has 216 valence electrons. The van der Waals surface area contributed by atoms with Crippen LogP contribution >= 0.6 is 0 Å². The monoisotopic (exact) mass is 541 g/mol. The van der Waals surface area contributed by atoms with Gasteiger partial charge in [-0.2, -0.15) is 0 Å². The second kappa shape index (κ2) is 16.2. The molecule has 8 heteroatoms. The quantitative estimate of drug-likeness (QED) is 0.319. The highest BCUT2D eigenvalue weighted by Gasteiger charge is 2.33. The first-order chi connectivity index (χ1) is 18.9. The lowest BCUT2D eigenvalue weighted by Gasteiger charge is -2.29. The van der Waals surface area contributed by atoms with E-state index in [1.165, 1.54) is 0 Å². The summed E-state index contributed by atoms with van der Waals surface area (Å²) in [7, 11) is 5.80.